The van der Waals surface area contributed by atoms with Gasteiger partial charge >= 0.3 is 5.97 Å². The molecule has 0 amide bonds. The van der Waals surface area contributed by atoms with Gasteiger partial charge in [-0.25, -0.2) is 0 Å². The molecule has 184 valence electrons. The average molecular weight is 445 g/mol. The fourth-order valence-corrected chi connectivity index (χ4v) is 4.95. The first-order valence-electron chi connectivity index (χ1n) is 13.8. The van der Waals surface area contributed by atoms with Gasteiger partial charge in [0.25, 0.3) is 0 Å². The van der Waals surface area contributed by atoms with E-state index in [-0.39, 0.29) is 5.92 Å². The van der Waals surface area contributed by atoms with E-state index in [0.717, 1.165) is 29.5 Å². The van der Waals surface area contributed by atoms with Crippen LogP contribution in [0.2, 0.25) is 0 Å². The predicted octanol–water partition coefficient (Wildman–Crippen LogP) is 9.76. The van der Waals surface area contributed by atoms with Crippen molar-refractivity contribution in [2.75, 3.05) is 0 Å². The number of aryl methyl sites for hydroxylation is 2. The van der Waals surface area contributed by atoms with Crippen LogP contribution in [0.1, 0.15) is 146 Å². The molecule has 1 aromatic carbocycles. The van der Waals surface area contributed by atoms with Crippen molar-refractivity contribution in [2.45, 2.75) is 143 Å². The number of hydrogen-bond donors (Lipinski definition) is 1. The van der Waals surface area contributed by atoms with Crippen LogP contribution in [0.4, 0.5) is 0 Å². The molecule has 1 N–H and O–H groups in total. The molecular weight excluding hydrogens is 392 g/mol. The summed E-state index contributed by atoms with van der Waals surface area (Å²) < 4.78 is 0. The second kappa shape index (κ2) is 18.2. The Morgan fingerprint density at radius 2 is 1.28 bits per heavy atom. The molecule has 2 unspecified atom stereocenters. The summed E-state index contributed by atoms with van der Waals surface area (Å²) in [6.07, 6.45) is 22.4. The zero-order valence-corrected chi connectivity index (χ0v) is 21.8. The van der Waals surface area contributed by atoms with E-state index in [2.05, 4.69) is 32.0 Å². The minimum atomic E-state index is -0.668. The number of aliphatic carboxylic acids is 1. The molecule has 2 heteroatoms. The summed E-state index contributed by atoms with van der Waals surface area (Å²) in [5.74, 6) is -0.530. The average Bonchev–Trinajstić information content (AvgIpc) is 2.77. The van der Waals surface area contributed by atoms with Gasteiger partial charge in [0, 0.05) is 0 Å². The summed E-state index contributed by atoms with van der Waals surface area (Å²) in [5, 5.41) is 9.88. The highest BCUT2D eigenvalue weighted by Crippen LogP contribution is 2.31. The van der Waals surface area contributed by atoms with Crippen LogP contribution in [-0.2, 0) is 4.79 Å². The molecule has 2 nitrogen and oxygen atoms in total. The van der Waals surface area contributed by atoms with Crippen molar-refractivity contribution in [1.29, 1.82) is 0 Å². The first-order valence-corrected chi connectivity index (χ1v) is 13.8. The van der Waals surface area contributed by atoms with Gasteiger partial charge in [-0.2, -0.15) is 0 Å². The van der Waals surface area contributed by atoms with Gasteiger partial charge in [0.05, 0.1) is 5.92 Å². The van der Waals surface area contributed by atoms with E-state index >= 15 is 0 Å². The van der Waals surface area contributed by atoms with Crippen molar-refractivity contribution in [2.24, 2.45) is 5.92 Å². The van der Waals surface area contributed by atoms with E-state index < -0.39 is 5.97 Å². The molecule has 0 heterocycles. The molecule has 1 rings (SSSR count). The first kappa shape index (κ1) is 28.7. The summed E-state index contributed by atoms with van der Waals surface area (Å²) in [7, 11) is 0. The van der Waals surface area contributed by atoms with Crippen LogP contribution >= 0.6 is 0 Å². The number of rotatable bonds is 20. The molecule has 0 aliphatic heterocycles. The molecule has 0 bridgehead atoms. The van der Waals surface area contributed by atoms with E-state index in [1.807, 2.05) is 13.8 Å². The molecule has 1 aromatic rings. The standard InChI is InChI=1S/C30H52O2/c1-5-7-8-9-10-11-12-13-14-15-16-17-18-19-20-27(6-2)24-29(30(31)32)28-23-25(3)21-22-26(28)4/h21-23,27,29H,5-20,24H2,1-4H3,(H,31,32). The quantitative estimate of drug-likeness (QED) is 0.203. The first-order chi connectivity index (χ1) is 15.5. The van der Waals surface area contributed by atoms with Crippen molar-refractivity contribution < 1.29 is 9.90 Å². The van der Waals surface area contributed by atoms with Crippen molar-refractivity contribution >= 4 is 5.97 Å². The van der Waals surface area contributed by atoms with Crippen molar-refractivity contribution in [3.8, 4) is 0 Å². The molecule has 0 fully saturated rings. The lowest BCUT2D eigenvalue weighted by molar-refractivity contribution is -0.139. The molecule has 0 spiro atoms. The van der Waals surface area contributed by atoms with Crippen LogP contribution in [0.5, 0.6) is 0 Å². The topological polar surface area (TPSA) is 37.3 Å². The van der Waals surface area contributed by atoms with Crippen LogP contribution in [0.3, 0.4) is 0 Å². The summed E-state index contributed by atoms with van der Waals surface area (Å²) in [6.45, 7) is 8.59. The second-order valence-electron chi connectivity index (χ2n) is 10.1. The van der Waals surface area contributed by atoms with Gasteiger partial charge in [-0.05, 0) is 37.3 Å². The highest BCUT2D eigenvalue weighted by Gasteiger charge is 2.25. The lowest BCUT2D eigenvalue weighted by Gasteiger charge is -2.22. The minimum Gasteiger partial charge on any atom is -0.481 e. The highest BCUT2D eigenvalue weighted by atomic mass is 16.4. The van der Waals surface area contributed by atoms with Crippen LogP contribution in [0.25, 0.3) is 0 Å². The Morgan fingerprint density at radius 1 is 0.781 bits per heavy atom. The molecule has 0 saturated carbocycles. The van der Waals surface area contributed by atoms with Gasteiger partial charge in [0.15, 0.2) is 0 Å². The number of unbranched alkanes of at least 4 members (excludes halogenated alkanes) is 13. The Morgan fingerprint density at radius 3 is 1.75 bits per heavy atom. The second-order valence-corrected chi connectivity index (χ2v) is 10.1. The molecule has 0 radical (unpaired) electrons. The van der Waals surface area contributed by atoms with Gasteiger partial charge in [-0.1, -0.05) is 140 Å². The largest absolute Gasteiger partial charge is 0.481 e. The maximum absolute atomic E-state index is 12.0. The lowest BCUT2D eigenvalue weighted by Crippen LogP contribution is -2.17. The van der Waals surface area contributed by atoms with Crippen LogP contribution < -0.4 is 0 Å². The maximum Gasteiger partial charge on any atom is 0.310 e. The Balaban J connectivity index is 2.17. The fraction of sp³-hybridized carbons (Fsp3) is 0.767. The molecule has 0 aromatic heterocycles. The van der Waals surface area contributed by atoms with E-state index in [1.54, 1.807) is 0 Å². The van der Waals surface area contributed by atoms with E-state index in [9.17, 15) is 9.90 Å². The van der Waals surface area contributed by atoms with Gasteiger partial charge in [-0.3, -0.25) is 4.79 Å². The van der Waals surface area contributed by atoms with Crippen LogP contribution in [0.15, 0.2) is 18.2 Å². The summed E-state index contributed by atoms with van der Waals surface area (Å²) in [6, 6.07) is 6.21. The normalized spacial score (nSPS) is 13.2. The summed E-state index contributed by atoms with van der Waals surface area (Å²) >= 11 is 0. The van der Waals surface area contributed by atoms with Gasteiger partial charge in [0.1, 0.15) is 0 Å². The number of carboxylic acids is 1. The lowest BCUT2D eigenvalue weighted by atomic mass is 9.83. The Hall–Kier alpha value is -1.31. The number of benzene rings is 1. The minimum absolute atomic E-state index is 0.369. The maximum atomic E-state index is 12.0. The predicted molar refractivity (Wildman–Crippen MR) is 140 cm³/mol. The molecule has 0 aliphatic carbocycles. The van der Waals surface area contributed by atoms with Crippen molar-refractivity contribution in [1.82, 2.24) is 0 Å². The van der Waals surface area contributed by atoms with Gasteiger partial charge in [-0.15, -0.1) is 0 Å². The highest BCUT2D eigenvalue weighted by molar-refractivity contribution is 5.76. The zero-order valence-electron chi connectivity index (χ0n) is 21.8. The summed E-state index contributed by atoms with van der Waals surface area (Å²) in [4.78, 5) is 12.0. The third kappa shape index (κ3) is 12.7. The van der Waals surface area contributed by atoms with Crippen molar-refractivity contribution in [3.05, 3.63) is 34.9 Å². The van der Waals surface area contributed by atoms with E-state index in [0.29, 0.717) is 5.92 Å². The monoisotopic (exact) mass is 444 g/mol. The third-order valence-corrected chi connectivity index (χ3v) is 7.22. The summed E-state index contributed by atoms with van der Waals surface area (Å²) in [5.41, 5.74) is 3.27. The van der Waals surface area contributed by atoms with Gasteiger partial charge in [0.2, 0.25) is 0 Å². The van der Waals surface area contributed by atoms with E-state index in [1.165, 1.54) is 96.3 Å². The van der Waals surface area contributed by atoms with Crippen LogP contribution in [0, 0.1) is 19.8 Å². The molecule has 0 saturated heterocycles. The number of hydrogen-bond acceptors (Lipinski definition) is 1. The Bertz CT molecular complexity index is 607. The van der Waals surface area contributed by atoms with Crippen LogP contribution in [-0.4, -0.2) is 11.1 Å². The SMILES string of the molecule is CCCCCCCCCCCCCCCCC(CC)CC(C(=O)O)c1cc(C)ccc1C. The van der Waals surface area contributed by atoms with Gasteiger partial charge < -0.3 is 5.11 Å². The Labute approximate surface area is 199 Å². The smallest absolute Gasteiger partial charge is 0.310 e. The van der Waals surface area contributed by atoms with Crippen molar-refractivity contribution in [3.63, 3.8) is 0 Å². The molecule has 2 atom stereocenters. The molecule has 32 heavy (non-hydrogen) atoms. The zero-order chi connectivity index (χ0) is 23.6. The number of carbonyl (C=O) groups is 1. The fourth-order valence-electron chi connectivity index (χ4n) is 4.95. The van der Waals surface area contributed by atoms with E-state index in [4.69, 9.17) is 0 Å². The number of carboxylic acid groups (broad SMARTS) is 1. The molecular formula is C30H52O2. The molecule has 0 aliphatic rings. The third-order valence-electron chi connectivity index (χ3n) is 7.22. The Kier molecular flexibility index (Phi) is 16.3.